The molecule has 0 bridgehead atoms. The molecule has 5 rings (SSSR count). The van der Waals surface area contributed by atoms with Gasteiger partial charge in [-0.15, -0.1) is 0 Å². The summed E-state index contributed by atoms with van der Waals surface area (Å²) in [5, 5.41) is 0. The fourth-order valence-corrected chi connectivity index (χ4v) is 3.74. The number of ether oxygens (including phenoxy) is 2. The zero-order valence-corrected chi connectivity index (χ0v) is 15.8. The monoisotopic (exact) mass is 364 g/mol. The van der Waals surface area contributed by atoms with Crippen LogP contribution >= 0.6 is 0 Å². The number of benzene rings is 1. The third kappa shape index (κ3) is 3.18. The molecule has 0 spiro atoms. The summed E-state index contributed by atoms with van der Waals surface area (Å²) in [6.07, 6.45) is 6.36. The highest BCUT2D eigenvalue weighted by molar-refractivity contribution is 6.21. The number of methoxy groups -OCH3 is 1. The maximum atomic E-state index is 6.10. The van der Waals surface area contributed by atoms with Crippen molar-refractivity contribution in [1.29, 1.82) is 0 Å². The highest BCUT2D eigenvalue weighted by atomic mass is 16.5. The lowest BCUT2D eigenvalue weighted by Crippen LogP contribution is -2.39. The van der Waals surface area contributed by atoms with Gasteiger partial charge in [-0.1, -0.05) is 0 Å². The fraction of sp³-hybridized carbons (Fsp3) is 0.476. The molecule has 1 aliphatic carbocycles. The van der Waals surface area contributed by atoms with E-state index in [0.717, 1.165) is 73.0 Å². The van der Waals surface area contributed by atoms with E-state index in [1.807, 2.05) is 18.2 Å². The number of hydrogen-bond acceptors (Lipinski definition) is 6. The lowest BCUT2D eigenvalue weighted by Gasteiger charge is -2.33. The molecule has 140 valence electrons. The summed E-state index contributed by atoms with van der Waals surface area (Å²) in [6.45, 7) is 4.02. The van der Waals surface area contributed by atoms with Crippen LogP contribution in [0.4, 0.5) is 11.5 Å². The molecule has 1 aromatic carbocycles. The Bertz CT molecular complexity index is 907. The second-order valence-corrected chi connectivity index (χ2v) is 7.90. The molecule has 6 nitrogen and oxygen atoms in total. The average molecular weight is 364 g/mol. The van der Waals surface area contributed by atoms with Gasteiger partial charge in [0.2, 0.25) is 0 Å². The number of aromatic nitrogens is 2. The fourth-order valence-electron chi connectivity index (χ4n) is 3.74. The van der Waals surface area contributed by atoms with Crippen LogP contribution in [0.2, 0.25) is 0 Å². The quantitative estimate of drug-likeness (QED) is 0.693. The van der Waals surface area contributed by atoms with Crippen molar-refractivity contribution in [3.05, 3.63) is 41.9 Å². The Balaban J connectivity index is 1.38. The lowest BCUT2D eigenvalue weighted by atomic mass is 9.98. The summed E-state index contributed by atoms with van der Waals surface area (Å²) in [6, 6.07) is 8.16. The minimum absolute atomic E-state index is 0.0174. The van der Waals surface area contributed by atoms with Crippen molar-refractivity contribution in [1.82, 2.24) is 9.97 Å². The number of rotatable bonds is 5. The average Bonchev–Trinajstić information content (AvgIpc) is 3.41. The molecule has 2 fully saturated rings. The number of anilines is 1. The van der Waals surface area contributed by atoms with Gasteiger partial charge in [-0.05, 0) is 50.8 Å². The molecule has 1 aromatic heterocycles. The smallest absolute Gasteiger partial charge is 0.132 e. The van der Waals surface area contributed by atoms with E-state index in [9.17, 15) is 0 Å². The molecule has 3 aliphatic rings. The Labute approximate surface area is 159 Å². The van der Waals surface area contributed by atoms with E-state index in [2.05, 4.69) is 32.9 Å². The Hall–Kier alpha value is -2.47. The molecular weight excluding hydrogens is 340 g/mol. The summed E-state index contributed by atoms with van der Waals surface area (Å²) in [5.41, 5.74) is 3.90. The van der Waals surface area contributed by atoms with Crippen molar-refractivity contribution in [2.75, 3.05) is 25.1 Å². The van der Waals surface area contributed by atoms with Crippen molar-refractivity contribution in [3.8, 4) is 5.75 Å². The molecular formula is C21H24N4O2. The largest absolute Gasteiger partial charge is 0.488 e. The summed E-state index contributed by atoms with van der Waals surface area (Å²) in [5.74, 6) is 1.85. The van der Waals surface area contributed by atoms with Gasteiger partial charge in [-0.2, -0.15) is 0 Å². The highest BCUT2D eigenvalue weighted by Crippen LogP contribution is 2.42. The van der Waals surface area contributed by atoms with Gasteiger partial charge in [-0.25, -0.2) is 15.0 Å². The molecule has 2 aliphatic heterocycles. The van der Waals surface area contributed by atoms with Crippen LogP contribution in [0.25, 0.3) is 0 Å². The molecule has 3 heterocycles. The van der Waals surface area contributed by atoms with Gasteiger partial charge in [0.15, 0.2) is 0 Å². The van der Waals surface area contributed by atoms with Crippen LogP contribution in [-0.4, -0.2) is 47.6 Å². The SMILES string of the molecule is COC1CCCN(c2cc(C3=Nc4ccc(OC5(C)CC5)cc43)ncn2)C1. The summed E-state index contributed by atoms with van der Waals surface area (Å²) in [7, 11) is 1.78. The predicted octanol–water partition coefficient (Wildman–Crippen LogP) is 3.51. The van der Waals surface area contributed by atoms with Crippen LogP contribution < -0.4 is 9.64 Å². The molecule has 0 radical (unpaired) electrons. The maximum Gasteiger partial charge on any atom is 0.132 e. The van der Waals surface area contributed by atoms with Gasteiger partial charge in [0.05, 0.1) is 23.2 Å². The molecule has 0 amide bonds. The molecule has 0 N–H and O–H groups in total. The molecule has 2 aromatic rings. The van der Waals surface area contributed by atoms with Crippen LogP contribution in [0.3, 0.4) is 0 Å². The second-order valence-electron chi connectivity index (χ2n) is 7.90. The molecule has 1 atom stereocenters. The van der Waals surface area contributed by atoms with Gasteiger partial charge < -0.3 is 14.4 Å². The number of piperidine rings is 1. The van der Waals surface area contributed by atoms with Crippen LogP contribution in [0.5, 0.6) is 5.75 Å². The van der Waals surface area contributed by atoms with Crippen molar-refractivity contribution in [2.45, 2.75) is 44.3 Å². The highest BCUT2D eigenvalue weighted by Gasteiger charge is 2.40. The zero-order chi connectivity index (χ0) is 18.4. The molecule has 1 unspecified atom stereocenters. The Morgan fingerprint density at radius 1 is 1.19 bits per heavy atom. The van der Waals surface area contributed by atoms with Gasteiger partial charge in [0, 0.05) is 31.8 Å². The number of aliphatic imine (C=N–C) groups is 1. The first kappa shape index (κ1) is 16.7. The van der Waals surface area contributed by atoms with Gasteiger partial charge in [0.25, 0.3) is 0 Å². The molecule has 6 heteroatoms. The van der Waals surface area contributed by atoms with Gasteiger partial charge >= 0.3 is 0 Å². The van der Waals surface area contributed by atoms with E-state index in [1.165, 1.54) is 0 Å². The third-order valence-electron chi connectivity index (χ3n) is 5.70. The number of hydrogen-bond donors (Lipinski definition) is 0. The van der Waals surface area contributed by atoms with Crippen LogP contribution in [-0.2, 0) is 4.74 Å². The zero-order valence-electron chi connectivity index (χ0n) is 15.8. The second kappa shape index (κ2) is 6.30. The van der Waals surface area contributed by atoms with Crippen LogP contribution in [0.15, 0.2) is 35.6 Å². The Morgan fingerprint density at radius 3 is 2.89 bits per heavy atom. The number of nitrogens with zero attached hydrogens (tertiary/aromatic N) is 4. The van der Waals surface area contributed by atoms with E-state index >= 15 is 0 Å². The summed E-state index contributed by atoms with van der Waals surface area (Å²) < 4.78 is 11.6. The van der Waals surface area contributed by atoms with Crippen molar-refractivity contribution >= 4 is 17.2 Å². The van der Waals surface area contributed by atoms with Crippen molar-refractivity contribution in [2.24, 2.45) is 4.99 Å². The van der Waals surface area contributed by atoms with E-state index in [1.54, 1.807) is 13.4 Å². The molecule has 1 saturated carbocycles. The van der Waals surface area contributed by atoms with Crippen LogP contribution in [0, 0.1) is 0 Å². The Kier molecular flexibility index (Phi) is 3.90. The third-order valence-corrected chi connectivity index (χ3v) is 5.70. The normalized spacial score (nSPS) is 22.5. The molecule has 27 heavy (non-hydrogen) atoms. The first-order valence-corrected chi connectivity index (χ1v) is 9.66. The van der Waals surface area contributed by atoms with E-state index < -0.39 is 0 Å². The van der Waals surface area contributed by atoms with E-state index in [4.69, 9.17) is 9.47 Å². The first-order chi connectivity index (χ1) is 13.1. The van der Waals surface area contributed by atoms with Crippen molar-refractivity contribution in [3.63, 3.8) is 0 Å². The van der Waals surface area contributed by atoms with Crippen molar-refractivity contribution < 1.29 is 9.47 Å². The molecule has 1 saturated heterocycles. The predicted molar refractivity (Wildman–Crippen MR) is 104 cm³/mol. The topological polar surface area (TPSA) is 59.8 Å². The standard InChI is InChI=1S/C21H24N4O2/c1-21(7-8-21)27-14-5-6-17-16(10-14)20(24-17)18-11-19(23-13-22-18)25-9-3-4-15(12-25)26-2/h5-6,10-11,13,15H,3-4,7-9,12H2,1-2H3. The minimum Gasteiger partial charge on any atom is -0.488 e. The minimum atomic E-state index is 0.0174. The van der Waals surface area contributed by atoms with Crippen LogP contribution in [0.1, 0.15) is 43.9 Å². The van der Waals surface area contributed by atoms with E-state index in [0.29, 0.717) is 0 Å². The first-order valence-electron chi connectivity index (χ1n) is 9.66. The number of fused-ring (bicyclic) bond motifs is 1. The summed E-state index contributed by atoms with van der Waals surface area (Å²) >= 11 is 0. The van der Waals surface area contributed by atoms with Gasteiger partial charge in [-0.3, -0.25) is 0 Å². The van der Waals surface area contributed by atoms with Gasteiger partial charge in [0.1, 0.15) is 23.5 Å². The lowest BCUT2D eigenvalue weighted by molar-refractivity contribution is 0.0891. The maximum absolute atomic E-state index is 6.10. The van der Waals surface area contributed by atoms with E-state index in [-0.39, 0.29) is 11.7 Å². The Morgan fingerprint density at radius 2 is 2.07 bits per heavy atom. The summed E-state index contributed by atoms with van der Waals surface area (Å²) in [4.78, 5) is 15.9.